The van der Waals surface area contributed by atoms with Gasteiger partial charge in [-0.2, -0.15) is 10.4 Å². The summed E-state index contributed by atoms with van der Waals surface area (Å²) in [6.45, 7) is 0.680. The summed E-state index contributed by atoms with van der Waals surface area (Å²) in [6.07, 6.45) is 2.50. The number of nitrogens with two attached hydrogens (primary N) is 1. The van der Waals surface area contributed by atoms with Crippen molar-refractivity contribution in [2.75, 3.05) is 18.9 Å². The lowest BCUT2D eigenvalue weighted by Crippen LogP contribution is -2.41. The summed E-state index contributed by atoms with van der Waals surface area (Å²) < 4.78 is 12.9. The van der Waals surface area contributed by atoms with Gasteiger partial charge in [-0.3, -0.25) is 0 Å². The summed E-state index contributed by atoms with van der Waals surface area (Å²) >= 11 is 0. The molecule has 0 amide bonds. The molecule has 2 fully saturated rings. The van der Waals surface area contributed by atoms with E-state index in [9.17, 15) is 15.5 Å². The molecule has 2 aromatic rings. The fourth-order valence-electron chi connectivity index (χ4n) is 3.78. The summed E-state index contributed by atoms with van der Waals surface area (Å²) in [4.78, 5) is 3.91. The number of nitriles is 1. The van der Waals surface area contributed by atoms with Gasteiger partial charge < -0.3 is 25.4 Å². The van der Waals surface area contributed by atoms with Crippen molar-refractivity contribution in [2.45, 2.75) is 49.6 Å². The summed E-state index contributed by atoms with van der Waals surface area (Å²) in [7, 11) is 0. The van der Waals surface area contributed by atoms with Crippen molar-refractivity contribution in [2.24, 2.45) is 5.92 Å². The van der Waals surface area contributed by atoms with Crippen LogP contribution in [-0.4, -0.2) is 56.3 Å². The lowest BCUT2D eigenvalue weighted by Gasteiger charge is -2.25. The van der Waals surface area contributed by atoms with Gasteiger partial charge in [-0.15, -0.1) is 0 Å². The molecule has 144 valence electrons. The number of ether oxygens (including phenoxy) is 2. The lowest BCUT2D eigenvalue weighted by molar-refractivity contribution is -0.0775. The molecule has 0 aromatic carbocycles. The van der Waals surface area contributed by atoms with Gasteiger partial charge in [-0.1, -0.05) is 19.3 Å². The van der Waals surface area contributed by atoms with Crippen LogP contribution in [0, 0.1) is 17.2 Å². The first-order valence-corrected chi connectivity index (χ1v) is 9.18. The Balaban J connectivity index is 1.53. The van der Waals surface area contributed by atoms with Gasteiger partial charge >= 0.3 is 0 Å². The van der Waals surface area contributed by atoms with E-state index in [-0.39, 0.29) is 18.1 Å². The molecule has 0 unspecified atom stereocenters. The third kappa shape index (κ3) is 2.95. The number of hydrogen-bond acceptors (Lipinski definition) is 8. The second kappa shape index (κ2) is 7.05. The number of aromatic nitrogens is 3. The van der Waals surface area contributed by atoms with Crippen LogP contribution in [0.1, 0.15) is 31.4 Å². The molecule has 9 nitrogen and oxygen atoms in total. The molecule has 0 radical (unpaired) electrons. The van der Waals surface area contributed by atoms with Gasteiger partial charge in [0.2, 0.25) is 5.60 Å². The first-order valence-electron chi connectivity index (χ1n) is 9.18. The number of aliphatic hydroxyl groups is 2. The van der Waals surface area contributed by atoms with Gasteiger partial charge in [0.15, 0.2) is 5.82 Å². The Morgan fingerprint density at radius 1 is 1.41 bits per heavy atom. The van der Waals surface area contributed by atoms with Gasteiger partial charge in [0, 0.05) is 6.61 Å². The maximum absolute atomic E-state index is 10.6. The Labute approximate surface area is 156 Å². The molecule has 2 aromatic heterocycles. The van der Waals surface area contributed by atoms with Crippen LogP contribution in [0.2, 0.25) is 0 Å². The largest absolute Gasteiger partial charge is 0.387 e. The minimum atomic E-state index is -1.77. The number of nitrogen functional groups attached to an aromatic ring is 1. The molecule has 1 saturated carbocycles. The third-order valence-electron chi connectivity index (χ3n) is 5.66. The van der Waals surface area contributed by atoms with Crippen LogP contribution < -0.4 is 5.73 Å². The number of rotatable bonds is 6. The Kier molecular flexibility index (Phi) is 4.74. The number of anilines is 1. The maximum Gasteiger partial charge on any atom is 0.225 e. The van der Waals surface area contributed by atoms with E-state index in [4.69, 9.17) is 15.2 Å². The highest BCUT2D eigenvalue weighted by Crippen LogP contribution is 2.40. The van der Waals surface area contributed by atoms with Crippen molar-refractivity contribution in [3.05, 3.63) is 24.2 Å². The molecular formula is C18H23N5O4. The minimum Gasteiger partial charge on any atom is -0.387 e. The van der Waals surface area contributed by atoms with Crippen molar-refractivity contribution in [1.82, 2.24) is 14.6 Å². The number of aliphatic hydroxyl groups excluding tert-OH is 2. The molecular weight excluding hydrogens is 350 g/mol. The molecule has 2 aliphatic rings. The summed E-state index contributed by atoms with van der Waals surface area (Å²) in [6, 6.07) is 5.26. The van der Waals surface area contributed by atoms with E-state index in [0.717, 1.165) is 12.3 Å². The van der Waals surface area contributed by atoms with Crippen LogP contribution in [0.15, 0.2) is 18.5 Å². The minimum absolute atomic E-state index is 0.106. The highest BCUT2D eigenvalue weighted by molar-refractivity contribution is 5.66. The summed E-state index contributed by atoms with van der Waals surface area (Å²) in [5.41, 5.74) is 4.85. The highest BCUT2D eigenvalue weighted by atomic mass is 16.6. The van der Waals surface area contributed by atoms with Crippen LogP contribution in [0.5, 0.6) is 0 Å². The average Bonchev–Trinajstić information content (AvgIpc) is 3.16. The first-order chi connectivity index (χ1) is 13.1. The topological polar surface area (TPSA) is 139 Å². The second-order valence-corrected chi connectivity index (χ2v) is 7.26. The summed E-state index contributed by atoms with van der Waals surface area (Å²) in [5.74, 6) is 0.966. The standard InChI is InChI=1S/C18H23N5O4/c19-9-18(14-5-4-12-17(20)21-10-22-23(12)14)16(25)15(24)13(27-18)8-26-7-6-11-2-1-3-11/h4-5,10-11,13,15-16,24-25H,1-3,6-8H2,(H2,20,21,22)/t13-,15-,16-,18+/m1/s1. The molecule has 27 heavy (non-hydrogen) atoms. The average molecular weight is 373 g/mol. The van der Waals surface area contributed by atoms with Gasteiger partial charge in [0.25, 0.3) is 0 Å². The zero-order valence-corrected chi connectivity index (χ0v) is 14.9. The van der Waals surface area contributed by atoms with E-state index in [2.05, 4.69) is 10.1 Å². The number of nitrogens with zero attached hydrogens (tertiary/aromatic N) is 4. The van der Waals surface area contributed by atoms with Crippen LogP contribution in [0.25, 0.3) is 5.52 Å². The van der Waals surface area contributed by atoms with Crippen molar-refractivity contribution < 1.29 is 19.7 Å². The molecule has 4 rings (SSSR count). The van der Waals surface area contributed by atoms with Crippen LogP contribution in [-0.2, 0) is 15.1 Å². The van der Waals surface area contributed by atoms with E-state index in [1.807, 2.05) is 6.07 Å². The number of fused-ring (bicyclic) bond motifs is 1. The third-order valence-corrected chi connectivity index (χ3v) is 5.66. The fourth-order valence-corrected chi connectivity index (χ4v) is 3.78. The van der Waals surface area contributed by atoms with Crippen molar-refractivity contribution in [1.29, 1.82) is 5.26 Å². The molecule has 4 N–H and O–H groups in total. The molecule has 3 heterocycles. The monoisotopic (exact) mass is 373 g/mol. The molecule has 0 bridgehead atoms. The second-order valence-electron chi connectivity index (χ2n) is 7.26. The number of hydrogen-bond donors (Lipinski definition) is 3. The Morgan fingerprint density at radius 2 is 2.22 bits per heavy atom. The van der Waals surface area contributed by atoms with E-state index in [1.165, 1.54) is 30.1 Å². The molecule has 9 heteroatoms. The molecule has 4 atom stereocenters. The van der Waals surface area contributed by atoms with E-state index in [0.29, 0.717) is 12.1 Å². The Morgan fingerprint density at radius 3 is 2.93 bits per heavy atom. The first kappa shape index (κ1) is 18.1. The fraction of sp³-hybridized carbons (Fsp3) is 0.611. The van der Waals surface area contributed by atoms with Crippen LogP contribution in [0.4, 0.5) is 5.82 Å². The van der Waals surface area contributed by atoms with E-state index in [1.54, 1.807) is 12.1 Å². The van der Waals surface area contributed by atoms with Crippen molar-refractivity contribution >= 4 is 11.3 Å². The van der Waals surface area contributed by atoms with Gasteiger partial charge in [0.05, 0.1) is 12.3 Å². The van der Waals surface area contributed by atoms with Gasteiger partial charge in [0.1, 0.15) is 36.2 Å². The maximum atomic E-state index is 10.6. The van der Waals surface area contributed by atoms with E-state index >= 15 is 0 Å². The SMILES string of the molecule is N#C[C@@]1(c2ccc3c(N)ncnn23)O[C@H](COCCC2CCC2)[C@@H](O)[C@H]1O. The van der Waals surface area contributed by atoms with E-state index < -0.39 is 23.9 Å². The summed E-state index contributed by atoms with van der Waals surface area (Å²) in [5, 5.41) is 35.0. The predicted molar refractivity (Wildman–Crippen MR) is 94.4 cm³/mol. The van der Waals surface area contributed by atoms with Crippen LogP contribution >= 0.6 is 0 Å². The van der Waals surface area contributed by atoms with Gasteiger partial charge in [-0.05, 0) is 24.5 Å². The molecule has 1 aliphatic heterocycles. The molecule has 1 aliphatic carbocycles. The van der Waals surface area contributed by atoms with Crippen LogP contribution in [0.3, 0.4) is 0 Å². The zero-order chi connectivity index (χ0) is 19.0. The lowest BCUT2D eigenvalue weighted by atomic mass is 9.83. The smallest absolute Gasteiger partial charge is 0.225 e. The van der Waals surface area contributed by atoms with Crippen molar-refractivity contribution in [3.63, 3.8) is 0 Å². The van der Waals surface area contributed by atoms with Crippen molar-refractivity contribution in [3.8, 4) is 6.07 Å². The zero-order valence-electron chi connectivity index (χ0n) is 14.9. The Hall–Kier alpha value is -2.25. The Bertz CT molecular complexity index is 861. The quantitative estimate of drug-likeness (QED) is 0.617. The predicted octanol–water partition coefficient (Wildman–Crippen LogP) is 0.358. The highest BCUT2D eigenvalue weighted by Gasteiger charge is 2.57. The normalized spacial score (nSPS) is 31.1. The molecule has 1 saturated heterocycles. The molecule has 0 spiro atoms. The van der Waals surface area contributed by atoms with Gasteiger partial charge in [-0.25, -0.2) is 9.50 Å².